The molecule has 0 bridgehead atoms. The SMILES string of the molecule is COc1cc(-c2ccc3nc(C(c4nnc(CNS(N)(=O)=O)o4)S(=O)(=O)Cc4ccccc4)sc3c2)ccn1. The van der Waals surface area contributed by atoms with Gasteiger partial charge in [-0.1, -0.05) is 36.4 Å². The molecule has 39 heavy (non-hydrogen) atoms. The Hall–Kier alpha value is -3.76. The number of nitrogens with two attached hydrogens (primary N) is 1. The predicted molar refractivity (Wildman–Crippen MR) is 145 cm³/mol. The predicted octanol–water partition coefficient (Wildman–Crippen LogP) is 2.75. The number of pyridine rings is 1. The Kier molecular flexibility index (Phi) is 7.42. The molecule has 0 saturated heterocycles. The molecule has 0 aliphatic heterocycles. The van der Waals surface area contributed by atoms with Crippen LogP contribution in [0.2, 0.25) is 0 Å². The first-order valence-corrected chi connectivity index (χ1v) is 15.5. The zero-order valence-electron chi connectivity index (χ0n) is 20.4. The average molecular weight is 587 g/mol. The molecule has 5 aromatic rings. The van der Waals surface area contributed by atoms with Gasteiger partial charge in [-0.05, 0) is 34.9 Å². The summed E-state index contributed by atoms with van der Waals surface area (Å²) in [6.45, 7) is -0.393. The number of nitrogens with one attached hydrogen (secondary N) is 1. The van der Waals surface area contributed by atoms with Gasteiger partial charge in [-0.2, -0.15) is 13.1 Å². The number of nitrogens with zero attached hydrogens (tertiary/aromatic N) is 4. The van der Waals surface area contributed by atoms with Crippen LogP contribution in [0.1, 0.15) is 27.6 Å². The summed E-state index contributed by atoms with van der Waals surface area (Å²) in [4.78, 5) is 8.73. The van der Waals surface area contributed by atoms with E-state index in [-0.39, 0.29) is 22.5 Å². The Bertz CT molecular complexity index is 1840. The second-order valence-electron chi connectivity index (χ2n) is 8.39. The van der Waals surface area contributed by atoms with E-state index in [9.17, 15) is 16.8 Å². The number of benzene rings is 2. The molecular formula is C24H22N6O6S3. The van der Waals surface area contributed by atoms with Gasteiger partial charge in [-0.25, -0.2) is 23.5 Å². The van der Waals surface area contributed by atoms with Crippen molar-refractivity contribution in [3.05, 3.63) is 89.2 Å². The minimum absolute atomic E-state index is 0.144. The zero-order valence-corrected chi connectivity index (χ0v) is 22.8. The van der Waals surface area contributed by atoms with Crippen molar-refractivity contribution in [1.82, 2.24) is 24.9 Å². The van der Waals surface area contributed by atoms with Gasteiger partial charge < -0.3 is 9.15 Å². The number of methoxy groups -OCH3 is 1. The topological polar surface area (TPSA) is 180 Å². The van der Waals surface area contributed by atoms with Crippen LogP contribution in [-0.4, -0.2) is 44.1 Å². The van der Waals surface area contributed by atoms with Gasteiger partial charge in [0, 0.05) is 12.3 Å². The number of sulfone groups is 1. The summed E-state index contributed by atoms with van der Waals surface area (Å²) in [5.41, 5.74) is 2.91. The van der Waals surface area contributed by atoms with Crippen molar-refractivity contribution in [2.45, 2.75) is 17.5 Å². The third-order valence-corrected chi connectivity index (χ3v) is 9.27. The molecule has 0 radical (unpaired) electrons. The van der Waals surface area contributed by atoms with Crippen molar-refractivity contribution in [2.24, 2.45) is 5.14 Å². The molecule has 2 aromatic carbocycles. The molecule has 12 nitrogen and oxygen atoms in total. The van der Waals surface area contributed by atoms with Gasteiger partial charge in [0.1, 0.15) is 5.01 Å². The molecule has 1 atom stereocenters. The highest BCUT2D eigenvalue weighted by Gasteiger charge is 2.37. The molecule has 0 aliphatic rings. The van der Waals surface area contributed by atoms with Gasteiger partial charge in [-0.15, -0.1) is 21.5 Å². The summed E-state index contributed by atoms with van der Waals surface area (Å²) >= 11 is 1.19. The molecule has 0 spiro atoms. The first-order valence-electron chi connectivity index (χ1n) is 11.4. The molecule has 15 heteroatoms. The fraction of sp³-hybridized carbons (Fsp3) is 0.167. The fourth-order valence-electron chi connectivity index (χ4n) is 3.84. The summed E-state index contributed by atoms with van der Waals surface area (Å²) in [5, 5.41) is 11.6. The maximum Gasteiger partial charge on any atom is 0.274 e. The van der Waals surface area contributed by atoms with Crippen LogP contribution in [0.5, 0.6) is 5.88 Å². The monoisotopic (exact) mass is 586 g/mol. The van der Waals surface area contributed by atoms with Crippen LogP contribution in [0.15, 0.2) is 71.3 Å². The van der Waals surface area contributed by atoms with Crippen LogP contribution >= 0.6 is 11.3 Å². The van der Waals surface area contributed by atoms with E-state index in [0.29, 0.717) is 17.0 Å². The van der Waals surface area contributed by atoms with Gasteiger partial charge in [0.2, 0.25) is 17.7 Å². The lowest BCUT2D eigenvalue weighted by Gasteiger charge is -2.12. The minimum Gasteiger partial charge on any atom is -0.481 e. The maximum absolute atomic E-state index is 13.7. The lowest BCUT2D eigenvalue weighted by Crippen LogP contribution is -2.30. The highest BCUT2D eigenvalue weighted by atomic mass is 32.2. The van der Waals surface area contributed by atoms with E-state index in [1.54, 1.807) is 48.7 Å². The van der Waals surface area contributed by atoms with Crippen LogP contribution in [-0.2, 0) is 32.3 Å². The van der Waals surface area contributed by atoms with Crippen molar-refractivity contribution < 1.29 is 26.0 Å². The van der Waals surface area contributed by atoms with Crippen LogP contribution in [0.25, 0.3) is 21.3 Å². The van der Waals surface area contributed by atoms with Gasteiger partial charge in [0.05, 0.1) is 29.6 Å². The molecule has 202 valence electrons. The third-order valence-electron chi connectivity index (χ3n) is 5.61. The summed E-state index contributed by atoms with van der Waals surface area (Å²) in [7, 11) is -6.45. The molecule has 3 heterocycles. The summed E-state index contributed by atoms with van der Waals surface area (Å²) in [6, 6.07) is 17.9. The van der Waals surface area contributed by atoms with E-state index in [2.05, 4.69) is 20.2 Å². The van der Waals surface area contributed by atoms with E-state index in [1.165, 1.54) is 18.4 Å². The number of hydrogen-bond donors (Lipinski definition) is 2. The van der Waals surface area contributed by atoms with E-state index in [4.69, 9.17) is 14.3 Å². The highest BCUT2D eigenvalue weighted by molar-refractivity contribution is 7.91. The molecule has 0 saturated carbocycles. The third kappa shape index (κ3) is 6.29. The van der Waals surface area contributed by atoms with Gasteiger partial charge in [-0.3, -0.25) is 0 Å². The smallest absolute Gasteiger partial charge is 0.274 e. The van der Waals surface area contributed by atoms with E-state index in [1.807, 2.05) is 22.9 Å². The Morgan fingerprint density at radius 3 is 2.54 bits per heavy atom. The Balaban J connectivity index is 1.56. The van der Waals surface area contributed by atoms with Crippen LogP contribution in [0.3, 0.4) is 0 Å². The van der Waals surface area contributed by atoms with Gasteiger partial charge >= 0.3 is 0 Å². The molecule has 0 aliphatic carbocycles. The van der Waals surface area contributed by atoms with E-state index < -0.39 is 31.8 Å². The fourth-order valence-corrected chi connectivity index (χ4v) is 7.32. The number of hydrogen-bond acceptors (Lipinski definition) is 11. The van der Waals surface area contributed by atoms with E-state index in [0.717, 1.165) is 15.8 Å². The van der Waals surface area contributed by atoms with Crippen molar-refractivity contribution in [3.63, 3.8) is 0 Å². The molecular weight excluding hydrogens is 565 g/mol. The number of aromatic nitrogens is 4. The quantitative estimate of drug-likeness (QED) is 0.247. The van der Waals surface area contributed by atoms with Gasteiger partial charge in [0.25, 0.3) is 10.2 Å². The Morgan fingerprint density at radius 1 is 1.03 bits per heavy atom. The number of ether oxygens (including phenoxy) is 1. The minimum atomic E-state index is -4.02. The summed E-state index contributed by atoms with van der Waals surface area (Å²) in [5.74, 6) is -0.207. The lowest BCUT2D eigenvalue weighted by atomic mass is 10.1. The molecule has 0 amide bonds. The number of rotatable bonds is 10. The zero-order chi connectivity index (χ0) is 27.6. The van der Waals surface area contributed by atoms with Crippen molar-refractivity contribution >= 4 is 41.6 Å². The normalized spacial score (nSPS) is 13.0. The van der Waals surface area contributed by atoms with Crippen LogP contribution in [0.4, 0.5) is 0 Å². The maximum atomic E-state index is 13.7. The number of fused-ring (bicyclic) bond motifs is 1. The lowest BCUT2D eigenvalue weighted by molar-refractivity contribution is 0.398. The molecule has 3 aromatic heterocycles. The molecule has 3 N–H and O–H groups in total. The first kappa shape index (κ1) is 26.8. The molecule has 1 unspecified atom stereocenters. The molecule has 0 fully saturated rings. The standard InChI is InChI=1S/C24H22N6O6S3/c1-35-20-12-17(9-10-26-20)16-7-8-18-19(11-16)37-24(28-18)22(38(31,32)14-15-5-3-2-4-6-15)23-30-29-21(36-23)13-27-39(25,33)34/h2-12,22,27H,13-14H2,1H3,(H2,25,33,34). The molecule has 5 rings (SSSR count). The first-order chi connectivity index (χ1) is 18.6. The van der Waals surface area contributed by atoms with Crippen molar-refractivity contribution in [1.29, 1.82) is 0 Å². The largest absolute Gasteiger partial charge is 0.481 e. The van der Waals surface area contributed by atoms with Crippen molar-refractivity contribution in [3.8, 4) is 17.0 Å². The second-order valence-corrected chi connectivity index (χ2v) is 12.9. The van der Waals surface area contributed by atoms with Gasteiger partial charge in [0.15, 0.2) is 15.1 Å². The summed E-state index contributed by atoms with van der Waals surface area (Å²) in [6.07, 6.45) is 1.64. The van der Waals surface area contributed by atoms with Crippen molar-refractivity contribution in [2.75, 3.05) is 7.11 Å². The second kappa shape index (κ2) is 10.8. The summed E-state index contributed by atoms with van der Waals surface area (Å²) < 4.78 is 63.6. The van der Waals surface area contributed by atoms with E-state index >= 15 is 0 Å². The average Bonchev–Trinajstić information content (AvgIpc) is 3.54. The Labute approximate surface area is 228 Å². The highest BCUT2D eigenvalue weighted by Crippen LogP contribution is 2.38. The van der Waals surface area contributed by atoms with Crippen LogP contribution < -0.4 is 14.6 Å². The van der Waals surface area contributed by atoms with Crippen LogP contribution in [0, 0.1) is 0 Å². The number of thiazole rings is 1. The Morgan fingerprint density at radius 2 is 1.79 bits per heavy atom.